The minimum atomic E-state index is -0.512. The van der Waals surface area contributed by atoms with E-state index >= 15 is 0 Å². The molecule has 0 radical (unpaired) electrons. The van der Waals surface area contributed by atoms with Crippen molar-refractivity contribution in [2.45, 2.75) is 12.8 Å². The Morgan fingerprint density at radius 2 is 1.65 bits per heavy atom. The second-order valence-corrected chi connectivity index (χ2v) is 6.81. The van der Waals surface area contributed by atoms with Gasteiger partial charge in [0.15, 0.2) is 0 Å². The van der Waals surface area contributed by atoms with E-state index in [0.717, 1.165) is 16.7 Å². The Morgan fingerprint density at radius 3 is 2.39 bits per heavy atom. The second kappa shape index (κ2) is 9.00. The molecule has 0 aliphatic carbocycles. The Balaban J connectivity index is 1.35. The zero-order valence-corrected chi connectivity index (χ0v) is 16.4. The monoisotopic (exact) mass is 414 g/mol. The molecule has 0 saturated heterocycles. The number of nitrogens with zero attached hydrogens (tertiary/aromatic N) is 3. The van der Waals surface area contributed by atoms with Gasteiger partial charge in [-0.15, -0.1) is 0 Å². The van der Waals surface area contributed by atoms with E-state index < -0.39 is 4.92 Å². The van der Waals surface area contributed by atoms with Gasteiger partial charge in [-0.2, -0.15) is 4.98 Å². The first kappa shape index (κ1) is 20.0. The fourth-order valence-electron chi connectivity index (χ4n) is 3.06. The van der Waals surface area contributed by atoms with Crippen LogP contribution in [0.25, 0.3) is 22.5 Å². The lowest BCUT2D eigenvalue weighted by atomic mass is 10.0. The summed E-state index contributed by atoms with van der Waals surface area (Å²) in [6.07, 6.45) is 0.368. The molecule has 0 aliphatic heterocycles. The SMILES string of the molecule is O=C(CCc1nc(-c2ccc(-c3ccccc3)cc2)no1)Nc1cccc([N+](=O)[O-])c1. The molecule has 0 atom stereocenters. The molecule has 154 valence electrons. The van der Waals surface area contributed by atoms with Gasteiger partial charge < -0.3 is 9.84 Å². The lowest BCUT2D eigenvalue weighted by Crippen LogP contribution is -2.12. The maximum atomic E-state index is 12.1. The molecule has 1 N–H and O–H groups in total. The van der Waals surface area contributed by atoms with Gasteiger partial charge in [-0.05, 0) is 17.2 Å². The molecule has 4 rings (SSSR count). The number of aryl methyl sites for hydroxylation is 1. The molecule has 31 heavy (non-hydrogen) atoms. The molecule has 1 aromatic heterocycles. The van der Waals surface area contributed by atoms with Crippen molar-refractivity contribution in [1.29, 1.82) is 0 Å². The quantitative estimate of drug-likeness (QED) is 0.341. The summed E-state index contributed by atoms with van der Waals surface area (Å²) in [5.41, 5.74) is 3.31. The summed E-state index contributed by atoms with van der Waals surface area (Å²) < 4.78 is 5.25. The molecule has 1 amide bonds. The lowest BCUT2D eigenvalue weighted by molar-refractivity contribution is -0.384. The number of amides is 1. The molecule has 0 fully saturated rings. The van der Waals surface area contributed by atoms with Gasteiger partial charge in [0.25, 0.3) is 5.69 Å². The predicted octanol–water partition coefficient (Wildman–Crippen LogP) is 4.88. The van der Waals surface area contributed by atoms with Crippen molar-refractivity contribution in [3.05, 3.63) is 94.9 Å². The topological polar surface area (TPSA) is 111 Å². The normalized spacial score (nSPS) is 10.6. The summed E-state index contributed by atoms with van der Waals surface area (Å²) in [5, 5.41) is 17.4. The average Bonchev–Trinajstić information content (AvgIpc) is 3.28. The highest BCUT2D eigenvalue weighted by Crippen LogP contribution is 2.23. The Hall–Kier alpha value is -4.33. The number of anilines is 1. The van der Waals surface area contributed by atoms with E-state index in [1.165, 1.54) is 18.2 Å². The molecule has 8 nitrogen and oxygen atoms in total. The van der Waals surface area contributed by atoms with Crippen LogP contribution in [0.5, 0.6) is 0 Å². The Labute approximate surface area is 177 Å². The van der Waals surface area contributed by atoms with E-state index in [4.69, 9.17) is 4.52 Å². The standard InChI is InChI=1S/C23H18N4O4/c28-21(24-19-7-4-8-20(15-19)27(29)30)13-14-22-25-23(26-31-22)18-11-9-17(10-12-18)16-5-2-1-3-6-16/h1-12,15H,13-14H2,(H,24,28). The molecule has 0 spiro atoms. The molecule has 0 saturated carbocycles. The Morgan fingerprint density at radius 1 is 0.935 bits per heavy atom. The first-order chi connectivity index (χ1) is 15.1. The van der Waals surface area contributed by atoms with Crippen LogP contribution in [0.4, 0.5) is 11.4 Å². The molecular formula is C23H18N4O4. The second-order valence-electron chi connectivity index (χ2n) is 6.81. The van der Waals surface area contributed by atoms with Crippen molar-refractivity contribution < 1.29 is 14.2 Å². The van der Waals surface area contributed by atoms with E-state index in [1.54, 1.807) is 6.07 Å². The molecule has 0 aliphatic rings. The number of non-ortho nitro benzene ring substituents is 1. The molecule has 1 heterocycles. The van der Waals surface area contributed by atoms with Crippen molar-refractivity contribution >= 4 is 17.3 Å². The van der Waals surface area contributed by atoms with Crippen LogP contribution in [0.3, 0.4) is 0 Å². The number of carbonyl (C=O) groups excluding carboxylic acids is 1. The highest BCUT2D eigenvalue weighted by molar-refractivity contribution is 5.91. The largest absolute Gasteiger partial charge is 0.339 e. The van der Waals surface area contributed by atoms with Gasteiger partial charge in [0.05, 0.1) is 4.92 Å². The van der Waals surface area contributed by atoms with Gasteiger partial charge in [0.1, 0.15) is 0 Å². The summed E-state index contributed by atoms with van der Waals surface area (Å²) in [6.45, 7) is 0. The minimum absolute atomic E-state index is 0.0855. The van der Waals surface area contributed by atoms with Gasteiger partial charge >= 0.3 is 0 Å². The number of rotatable bonds is 7. The summed E-state index contributed by atoms with van der Waals surface area (Å²) in [7, 11) is 0. The van der Waals surface area contributed by atoms with Gasteiger partial charge in [-0.3, -0.25) is 14.9 Å². The summed E-state index contributed by atoms with van der Waals surface area (Å²) >= 11 is 0. The zero-order valence-electron chi connectivity index (χ0n) is 16.4. The fraction of sp³-hybridized carbons (Fsp3) is 0.0870. The highest BCUT2D eigenvalue weighted by atomic mass is 16.6. The number of hydrogen-bond donors (Lipinski definition) is 1. The van der Waals surface area contributed by atoms with Crippen molar-refractivity contribution in [2.75, 3.05) is 5.32 Å². The molecule has 8 heteroatoms. The van der Waals surface area contributed by atoms with Crippen LogP contribution in [-0.4, -0.2) is 21.0 Å². The number of carbonyl (C=O) groups is 1. The molecule has 0 unspecified atom stereocenters. The summed E-state index contributed by atoms with van der Waals surface area (Å²) in [4.78, 5) is 26.8. The first-order valence-corrected chi connectivity index (χ1v) is 9.61. The van der Waals surface area contributed by atoms with Crippen molar-refractivity contribution in [1.82, 2.24) is 10.1 Å². The highest BCUT2D eigenvalue weighted by Gasteiger charge is 2.12. The number of nitrogens with one attached hydrogen (secondary N) is 1. The van der Waals surface area contributed by atoms with Gasteiger partial charge in [0, 0.05) is 36.2 Å². The van der Waals surface area contributed by atoms with Crippen LogP contribution in [0.2, 0.25) is 0 Å². The minimum Gasteiger partial charge on any atom is -0.339 e. The van der Waals surface area contributed by atoms with Crippen LogP contribution in [-0.2, 0) is 11.2 Å². The van der Waals surface area contributed by atoms with Crippen LogP contribution in [0, 0.1) is 10.1 Å². The molecular weight excluding hydrogens is 396 g/mol. The summed E-state index contributed by atoms with van der Waals surface area (Å²) in [6, 6.07) is 23.6. The Bertz CT molecular complexity index is 1200. The third-order valence-corrected chi connectivity index (χ3v) is 4.62. The smallest absolute Gasteiger partial charge is 0.271 e. The molecule has 4 aromatic rings. The van der Waals surface area contributed by atoms with Crippen LogP contribution in [0.15, 0.2) is 83.4 Å². The number of benzene rings is 3. The third-order valence-electron chi connectivity index (χ3n) is 4.62. The number of aromatic nitrogens is 2. The van der Waals surface area contributed by atoms with Crippen LogP contribution in [0.1, 0.15) is 12.3 Å². The van der Waals surface area contributed by atoms with Gasteiger partial charge in [-0.1, -0.05) is 65.8 Å². The molecule has 3 aromatic carbocycles. The van der Waals surface area contributed by atoms with Crippen LogP contribution < -0.4 is 5.32 Å². The maximum absolute atomic E-state index is 12.1. The number of hydrogen-bond acceptors (Lipinski definition) is 6. The number of nitro groups is 1. The first-order valence-electron chi connectivity index (χ1n) is 9.61. The van der Waals surface area contributed by atoms with E-state index in [0.29, 0.717) is 17.4 Å². The summed E-state index contributed by atoms with van der Waals surface area (Å²) in [5.74, 6) is 0.498. The predicted molar refractivity (Wildman–Crippen MR) is 115 cm³/mol. The van der Waals surface area contributed by atoms with Crippen molar-refractivity contribution in [3.8, 4) is 22.5 Å². The van der Waals surface area contributed by atoms with Crippen molar-refractivity contribution in [3.63, 3.8) is 0 Å². The Kier molecular flexibility index (Phi) is 5.79. The maximum Gasteiger partial charge on any atom is 0.271 e. The van der Waals surface area contributed by atoms with E-state index in [1.807, 2.05) is 54.6 Å². The average molecular weight is 414 g/mol. The zero-order chi connectivity index (χ0) is 21.6. The third kappa shape index (κ3) is 4.99. The molecule has 0 bridgehead atoms. The lowest BCUT2D eigenvalue weighted by Gasteiger charge is -2.03. The van der Waals surface area contributed by atoms with Crippen molar-refractivity contribution in [2.24, 2.45) is 0 Å². The van der Waals surface area contributed by atoms with E-state index in [-0.39, 0.29) is 24.4 Å². The van der Waals surface area contributed by atoms with Crippen LogP contribution >= 0.6 is 0 Å². The van der Waals surface area contributed by atoms with Gasteiger partial charge in [0.2, 0.25) is 17.6 Å². The van der Waals surface area contributed by atoms with E-state index in [2.05, 4.69) is 15.5 Å². The van der Waals surface area contributed by atoms with E-state index in [9.17, 15) is 14.9 Å². The van der Waals surface area contributed by atoms with Gasteiger partial charge in [-0.25, -0.2) is 0 Å². The number of nitro benzene ring substituents is 1. The fourth-order valence-corrected chi connectivity index (χ4v) is 3.06.